The average Bonchev–Trinajstić information content (AvgIpc) is 3.42. The van der Waals surface area contributed by atoms with Crippen molar-refractivity contribution in [3.63, 3.8) is 0 Å². The van der Waals surface area contributed by atoms with Crippen molar-refractivity contribution >= 4 is 16.8 Å². The maximum absolute atomic E-state index is 13.2. The minimum Gasteiger partial charge on any atom is -0.454 e. The number of aromatic nitrogens is 1. The Kier molecular flexibility index (Phi) is 5.09. The molecule has 0 radical (unpaired) electrons. The molecule has 2 aliphatic rings. The minimum absolute atomic E-state index is 0.0625. The van der Waals surface area contributed by atoms with Gasteiger partial charge in [-0.3, -0.25) is 4.79 Å². The summed E-state index contributed by atoms with van der Waals surface area (Å²) in [5.41, 5.74) is 3.44. The Bertz CT molecular complexity index is 1070. The van der Waals surface area contributed by atoms with Crippen molar-refractivity contribution < 1.29 is 19.0 Å². The third kappa shape index (κ3) is 3.41. The lowest BCUT2D eigenvalue weighted by Gasteiger charge is -2.28. The van der Waals surface area contributed by atoms with Crippen LogP contribution < -0.4 is 9.47 Å². The molecule has 0 spiro atoms. The third-order valence-corrected chi connectivity index (χ3v) is 6.08. The Balaban J connectivity index is 1.57. The van der Waals surface area contributed by atoms with Crippen LogP contribution in [0.1, 0.15) is 30.4 Å². The molecule has 0 bridgehead atoms. The lowest BCUT2D eigenvalue weighted by atomic mass is 9.87. The van der Waals surface area contributed by atoms with E-state index in [9.17, 15) is 4.79 Å². The zero-order valence-corrected chi connectivity index (χ0v) is 17.2. The molecular weight excluding hydrogens is 380 g/mol. The number of carbonyl (C=O) groups is 1. The zero-order chi connectivity index (χ0) is 20.5. The monoisotopic (exact) mass is 406 g/mol. The number of hydrogen-bond donors (Lipinski definition) is 0. The van der Waals surface area contributed by atoms with Crippen LogP contribution in [-0.2, 0) is 16.1 Å². The Morgan fingerprint density at radius 1 is 1.07 bits per heavy atom. The van der Waals surface area contributed by atoms with Crippen molar-refractivity contribution in [1.29, 1.82) is 0 Å². The number of aryl methyl sites for hydroxylation is 1. The van der Waals surface area contributed by atoms with Gasteiger partial charge in [0.15, 0.2) is 11.5 Å². The van der Waals surface area contributed by atoms with Gasteiger partial charge in [0.25, 0.3) is 0 Å². The van der Waals surface area contributed by atoms with Crippen molar-refractivity contribution in [1.82, 2.24) is 9.47 Å². The predicted molar refractivity (Wildman–Crippen MR) is 114 cm³/mol. The summed E-state index contributed by atoms with van der Waals surface area (Å²) in [6.45, 7) is 5.79. The molecule has 2 aromatic carbocycles. The van der Waals surface area contributed by atoms with Gasteiger partial charge in [0, 0.05) is 49.1 Å². The molecule has 1 amide bonds. The molecule has 6 heteroatoms. The summed E-state index contributed by atoms with van der Waals surface area (Å²) in [6.07, 6.45) is 2.61. The molecule has 3 heterocycles. The molecule has 1 atom stereocenters. The highest BCUT2D eigenvalue weighted by molar-refractivity contribution is 5.87. The van der Waals surface area contributed by atoms with E-state index in [-0.39, 0.29) is 18.6 Å². The van der Waals surface area contributed by atoms with Crippen molar-refractivity contribution in [3.8, 4) is 11.5 Å². The fraction of sp³-hybridized carbons (Fsp3) is 0.375. The summed E-state index contributed by atoms with van der Waals surface area (Å²) in [5, 5.41) is 1.19. The van der Waals surface area contributed by atoms with Gasteiger partial charge < -0.3 is 23.7 Å². The molecule has 1 fully saturated rings. The van der Waals surface area contributed by atoms with Gasteiger partial charge in [-0.25, -0.2) is 0 Å². The molecule has 6 nitrogen and oxygen atoms in total. The third-order valence-electron chi connectivity index (χ3n) is 6.08. The fourth-order valence-corrected chi connectivity index (χ4v) is 4.47. The van der Waals surface area contributed by atoms with Crippen LogP contribution in [0.25, 0.3) is 10.9 Å². The maximum Gasteiger partial charge on any atom is 0.231 e. The van der Waals surface area contributed by atoms with E-state index >= 15 is 0 Å². The van der Waals surface area contributed by atoms with E-state index in [0.717, 1.165) is 23.6 Å². The molecule has 156 valence electrons. The molecule has 1 saturated heterocycles. The molecule has 0 N–H and O–H groups in total. The number of fused-ring (bicyclic) bond motifs is 2. The molecule has 0 saturated carbocycles. The van der Waals surface area contributed by atoms with Crippen LogP contribution >= 0.6 is 0 Å². The van der Waals surface area contributed by atoms with Gasteiger partial charge >= 0.3 is 0 Å². The van der Waals surface area contributed by atoms with Gasteiger partial charge in [0.1, 0.15) is 0 Å². The largest absolute Gasteiger partial charge is 0.454 e. The molecule has 1 aromatic heterocycles. The number of nitrogens with zero attached hydrogens (tertiary/aromatic N) is 2. The lowest BCUT2D eigenvalue weighted by molar-refractivity contribution is -0.135. The predicted octanol–water partition coefficient (Wildman–Crippen LogP) is 3.77. The number of benzene rings is 2. The first kappa shape index (κ1) is 19.0. The highest BCUT2D eigenvalue weighted by Crippen LogP contribution is 2.40. The first-order chi connectivity index (χ1) is 14.7. The van der Waals surface area contributed by atoms with E-state index in [0.29, 0.717) is 32.7 Å². The Morgan fingerprint density at radius 2 is 1.87 bits per heavy atom. The van der Waals surface area contributed by atoms with E-state index in [1.165, 1.54) is 16.5 Å². The number of para-hydroxylation sites is 1. The van der Waals surface area contributed by atoms with Crippen LogP contribution in [0.15, 0.2) is 48.7 Å². The SMILES string of the molecule is CCn1cc(C(CC(=O)N2CCOCC2)c2ccc3c(c2)OCO3)c2ccccc21. The second kappa shape index (κ2) is 8.03. The quantitative estimate of drug-likeness (QED) is 0.647. The highest BCUT2D eigenvalue weighted by Gasteiger charge is 2.27. The molecule has 0 aliphatic carbocycles. The standard InChI is InChI=1S/C24H26N2O4/c1-2-25-15-20(18-5-3-4-6-21(18)25)19(14-24(27)26-9-11-28-12-10-26)17-7-8-22-23(13-17)30-16-29-22/h3-8,13,15,19H,2,9-12,14,16H2,1H3. The van der Waals surface area contributed by atoms with Gasteiger partial charge in [0.05, 0.1) is 13.2 Å². The van der Waals surface area contributed by atoms with Crippen LogP contribution in [0.4, 0.5) is 0 Å². The summed E-state index contributed by atoms with van der Waals surface area (Å²) in [5.74, 6) is 1.60. The van der Waals surface area contributed by atoms with Crippen molar-refractivity contribution in [2.45, 2.75) is 25.8 Å². The summed E-state index contributed by atoms with van der Waals surface area (Å²) in [4.78, 5) is 15.1. The molecule has 1 unspecified atom stereocenters. The number of ether oxygens (including phenoxy) is 3. The van der Waals surface area contributed by atoms with Gasteiger partial charge in [-0.1, -0.05) is 24.3 Å². The lowest BCUT2D eigenvalue weighted by Crippen LogP contribution is -2.41. The maximum atomic E-state index is 13.2. The molecule has 3 aromatic rings. The normalized spacial score (nSPS) is 16.8. The van der Waals surface area contributed by atoms with Gasteiger partial charge in [0.2, 0.25) is 12.7 Å². The number of morpholine rings is 1. The summed E-state index contributed by atoms with van der Waals surface area (Å²) in [6, 6.07) is 14.4. The topological polar surface area (TPSA) is 52.9 Å². The number of rotatable bonds is 5. The van der Waals surface area contributed by atoms with Crippen LogP contribution in [0.5, 0.6) is 11.5 Å². The first-order valence-corrected chi connectivity index (χ1v) is 10.6. The second-order valence-corrected chi connectivity index (χ2v) is 7.75. The van der Waals surface area contributed by atoms with E-state index in [1.807, 2.05) is 17.0 Å². The van der Waals surface area contributed by atoms with Crippen molar-refractivity contribution in [2.75, 3.05) is 33.1 Å². The molecule has 2 aliphatic heterocycles. The fourth-order valence-electron chi connectivity index (χ4n) is 4.47. The molecule has 5 rings (SSSR count). The highest BCUT2D eigenvalue weighted by atomic mass is 16.7. The second-order valence-electron chi connectivity index (χ2n) is 7.75. The molecule has 30 heavy (non-hydrogen) atoms. The van der Waals surface area contributed by atoms with Crippen LogP contribution in [0.2, 0.25) is 0 Å². The summed E-state index contributed by atoms with van der Waals surface area (Å²) in [7, 11) is 0. The Labute approximate surface area is 175 Å². The van der Waals surface area contributed by atoms with Gasteiger partial charge in [-0.05, 0) is 36.2 Å². The average molecular weight is 406 g/mol. The molecular formula is C24H26N2O4. The van der Waals surface area contributed by atoms with Gasteiger partial charge in [-0.2, -0.15) is 0 Å². The Morgan fingerprint density at radius 3 is 2.70 bits per heavy atom. The van der Waals surface area contributed by atoms with Gasteiger partial charge in [-0.15, -0.1) is 0 Å². The van der Waals surface area contributed by atoms with Crippen LogP contribution in [0.3, 0.4) is 0 Å². The van der Waals surface area contributed by atoms with E-state index in [1.54, 1.807) is 0 Å². The first-order valence-electron chi connectivity index (χ1n) is 10.6. The number of carbonyl (C=O) groups excluding carboxylic acids is 1. The van der Waals surface area contributed by atoms with Crippen molar-refractivity contribution in [3.05, 3.63) is 59.8 Å². The van der Waals surface area contributed by atoms with E-state index < -0.39 is 0 Å². The zero-order valence-electron chi connectivity index (χ0n) is 17.2. The Hall–Kier alpha value is -2.99. The number of hydrogen-bond acceptors (Lipinski definition) is 4. The van der Waals surface area contributed by atoms with Crippen molar-refractivity contribution in [2.24, 2.45) is 0 Å². The number of amides is 1. The van der Waals surface area contributed by atoms with E-state index in [2.05, 4.69) is 48.0 Å². The van der Waals surface area contributed by atoms with Crippen LogP contribution in [0, 0.1) is 0 Å². The van der Waals surface area contributed by atoms with E-state index in [4.69, 9.17) is 14.2 Å². The summed E-state index contributed by atoms with van der Waals surface area (Å²) >= 11 is 0. The minimum atomic E-state index is -0.0625. The summed E-state index contributed by atoms with van der Waals surface area (Å²) < 4.78 is 18.8. The smallest absolute Gasteiger partial charge is 0.231 e. The van der Waals surface area contributed by atoms with Crippen LogP contribution in [-0.4, -0.2) is 48.5 Å².